The smallest absolute Gasteiger partial charge is 0.161 e. The highest BCUT2D eigenvalue weighted by atomic mass is 35.5. The van der Waals surface area contributed by atoms with Crippen LogP contribution in [0.5, 0.6) is 0 Å². The van der Waals surface area contributed by atoms with E-state index in [0.717, 1.165) is 10.8 Å². The second-order valence-electron chi connectivity index (χ2n) is 2.98. The van der Waals surface area contributed by atoms with Crippen LogP contribution in [0.15, 0.2) is 17.4 Å². The Morgan fingerprint density at radius 2 is 2.15 bits per heavy atom. The summed E-state index contributed by atoms with van der Waals surface area (Å²) < 4.78 is 0. The molecule has 1 aromatic rings. The van der Waals surface area contributed by atoms with Crippen molar-refractivity contribution in [1.82, 2.24) is 9.97 Å². The van der Waals surface area contributed by atoms with Gasteiger partial charge in [0.15, 0.2) is 5.15 Å². The molecule has 4 heteroatoms. The van der Waals surface area contributed by atoms with E-state index in [1.807, 2.05) is 0 Å². The van der Waals surface area contributed by atoms with Crippen molar-refractivity contribution in [1.29, 1.82) is 0 Å². The van der Waals surface area contributed by atoms with E-state index in [4.69, 9.17) is 11.6 Å². The number of rotatable bonds is 4. The zero-order valence-corrected chi connectivity index (χ0v) is 9.40. The predicted octanol–water partition coefficient (Wildman–Crippen LogP) is 3.27. The van der Waals surface area contributed by atoms with Crippen LogP contribution in [0.25, 0.3) is 0 Å². The van der Waals surface area contributed by atoms with E-state index in [9.17, 15) is 0 Å². The quantitative estimate of drug-likeness (QED) is 0.723. The van der Waals surface area contributed by atoms with E-state index in [1.54, 1.807) is 24.2 Å². The molecule has 1 atom stereocenters. The summed E-state index contributed by atoms with van der Waals surface area (Å²) in [5, 5.41) is 1.35. The molecule has 0 aliphatic carbocycles. The van der Waals surface area contributed by atoms with Crippen LogP contribution < -0.4 is 0 Å². The van der Waals surface area contributed by atoms with Crippen molar-refractivity contribution in [2.24, 2.45) is 5.92 Å². The summed E-state index contributed by atoms with van der Waals surface area (Å²) in [5.41, 5.74) is 0. The van der Waals surface area contributed by atoms with Crippen molar-refractivity contribution in [3.05, 3.63) is 17.5 Å². The number of hydrogen-bond donors (Lipinski definition) is 0. The molecule has 0 amide bonds. The van der Waals surface area contributed by atoms with Crippen LogP contribution in [0.4, 0.5) is 0 Å². The third-order valence-electron chi connectivity index (χ3n) is 1.82. The lowest BCUT2D eigenvalue weighted by atomic mass is 10.2. The van der Waals surface area contributed by atoms with Gasteiger partial charge >= 0.3 is 0 Å². The molecule has 0 bridgehead atoms. The van der Waals surface area contributed by atoms with Crippen LogP contribution in [0.3, 0.4) is 0 Å². The Kier molecular flexibility index (Phi) is 4.53. The summed E-state index contributed by atoms with van der Waals surface area (Å²) in [5.74, 6) is 1.75. The monoisotopic (exact) mass is 216 g/mol. The normalized spacial score (nSPS) is 12.8. The van der Waals surface area contributed by atoms with Crippen LogP contribution in [-0.2, 0) is 0 Å². The molecule has 0 aliphatic heterocycles. The molecule has 0 spiro atoms. The first-order chi connectivity index (χ1) is 6.24. The first kappa shape index (κ1) is 10.8. The van der Waals surface area contributed by atoms with Gasteiger partial charge in [-0.1, -0.05) is 31.9 Å². The molecular weight excluding hydrogens is 204 g/mol. The van der Waals surface area contributed by atoms with Crippen LogP contribution in [-0.4, -0.2) is 15.7 Å². The van der Waals surface area contributed by atoms with Crippen molar-refractivity contribution in [3.8, 4) is 0 Å². The molecule has 0 N–H and O–H groups in total. The summed E-state index contributed by atoms with van der Waals surface area (Å²) in [7, 11) is 0. The van der Waals surface area contributed by atoms with Gasteiger partial charge in [0, 0.05) is 18.1 Å². The highest BCUT2D eigenvalue weighted by molar-refractivity contribution is 7.99. The van der Waals surface area contributed by atoms with Crippen LogP contribution in [0, 0.1) is 5.92 Å². The highest BCUT2D eigenvalue weighted by Gasteiger charge is 2.05. The fourth-order valence-electron chi connectivity index (χ4n) is 0.744. The molecule has 1 heterocycles. The Morgan fingerprint density at radius 3 is 2.77 bits per heavy atom. The first-order valence-electron chi connectivity index (χ1n) is 4.33. The van der Waals surface area contributed by atoms with Crippen molar-refractivity contribution in [3.63, 3.8) is 0 Å². The van der Waals surface area contributed by atoms with Crippen LogP contribution >= 0.6 is 23.4 Å². The van der Waals surface area contributed by atoms with E-state index >= 15 is 0 Å². The van der Waals surface area contributed by atoms with Gasteiger partial charge in [-0.15, -0.1) is 11.8 Å². The number of halogens is 1. The second kappa shape index (κ2) is 5.45. The molecule has 0 saturated heterocycles. The van der Waals surface area contributed by atoms with Crippen molar-refractivity contribution >= 4 is 23.4 Å². The van der Waals surface area contributed by atoms with Gasteiger partial charge in [0.25, 0.3) is 0 Å². The average molecular weight is 217 g/mol. The summed E-state index contributed by atoms with van der Waals surface area (Å²) in [6.45, 7) is 4.40. The molecule has 0 aromatic carbocycles. The molecule has 0 radical (unpaired) electrons. The zero-order chi connectivity index (χ0) is 9.68. The Morgan fingerprint density at radius 1 is 1.46 bits per heavy atom. The van der Waals surface area contributed by atoms with Crippen molar-refractivity contribution < 1.29 is 0 Å². The number of nitrogens with zero attached hydrogens (tertiary/aromatic N) is 2. The van der Waals surface area contributed by atoms with E-state index in [1.165, 1.54) is 6.42 Å². The topological polar surface area (TPSA) is 25.8 Å². The number of thioether (sulfide) groups is 1. The molecule has 0 fully saturated rings. The minimum Gasteiger partial charge on any atom is -0.245 e. The van der Waals surface area contributed by atoms with Gasteiger partial charge in [-0.25, -0.2) is 9.97 Å². The lowest BCUT2D eigenvalue weighted by Crippen LogP contribution is -1.96. The van der Waals surface area contributed by atoms with E-state index in [-0.39, 0.29) is 0 Å². The van der Waals surface area contributed by atoms with E-state index in [2.05, 4.69) is 23.8 Å². The lowest BCUT2D eigenvalue weighted by molar-refractivity contribution is 0.636. The van der Waals surface area contributed by atoms with Crippen LogP contribution in [0.2, 0.25) is 5.15 Å². The summed E-state index contributed by atoms with van der Waals surface area (Å²) in [6.07, 6.45) is 4.46. The molecule has 13 heavy (non-hydrogen) atoms. The number of hydrogen-bond acceptors (Lipinski definition) is 3. The Labute approximate surface area is 88.1 Å². The van der Waals surface area contributed by atoms with Gasteiger partial charge in [0.1, 0.15) is 5.03 Å². The maximum absolute atomic E-state index is 5.86. The van der Waals surface area contributed by atoms with Gasteiger partial charge in [0.05, 0.1) is 0 Å². The maximum Gasteiger partial charge on any atom is 0.161 e. The SMILES string of the molecule is CCC(C)CSc1nccnc1Cl. The van der Waals surface area contributed by atoms with Crippen LogP contribution in [0.1, 0.15) is 20.3 Å². The van der Waals surface area contributed by atoms with Gasteiger partial charge in [-0.05, 0) is 5.92 Å². The standard InChI is InChI=1S/C9H13ClN2S/c1-3-7(2)6-13-9-8(10)11-4-5-12-9/h4-5,7H,3,6H2,1-2H3. The third kappa shape index (κ3) is 3.53. The zero-order valence-electron chi connectivity index (χ0n) is 7.83. The number of aromatic nitrogens is 2. The fourth-order valence-corrected chi connectivity index (χ4v) is 2.00. The highest BCUT2D eigenvalue weighted by Crippen LogP contribution is 2.24. The molecule has 0 aliphatic rings. The Balaban J connectivity index is 2.50. The molecule has 1 unspecified atom stereocenters. The second-order valence-corrected chi connectivity index (χ2v) is 4.34. The molecule has 1 rings (SSSR count). The maximum atomic E-state index is 5.86. The molecular formula is C9H13ClN2S. The molecule has 0 saturated carbocycles. The summed E-state index contributed by atoms with van der Waals surface area (Å²) in [4.78, 5) is 8.12. The molecule has 72 valence electrons. The Bertz CT molecular complexity index is 268. The molecule has 2 nitrogen and oxygen atoms in total. The minimum absolute atomic E-state index is 0.510. The van der Waals surface area contributed by atoms with E-state index < -0.39 is 0 Å². The first-order valence-corrected chi connectivity index (χ1v) is 5.69. The van der Waals surface area contributed by atoms with Gasteiger partial charge in [0.2, 0.25) is 0 Å². The third-order valence-corrected chi connectivity index (χ3v) is 3.52. The van der Waals surface area contributed by atoms with Gasteiger partial charge in [-0.3, -0.25) is 0 Å². The van der Waals surface area contributed by atoms with Gasteiger partial charge in [-0.2, -0.15) is 0 Å². The summed E-state index contributed by atoms with van der Waals surface area (Å²) in [6, 6.07) is 0. The van der Waals surface area contributed by atoms with E-state index in [0.29, 0.717) is 11.1 Å². The van der Waals surface area contributed by atoms with Crippen molar-refractivity contribution in [2.75, 3.05) is 5.75 Å². The largest absolute Gasteiger partial charge is 0.245 e. The van der Waals surface area contributed by atoms with Gasteiger partial charge < -0.3 is 0 Å². The lowest BCUT2D eigenvalue weighted by Gasteiger charge is -2.06. The predicted molar refractivity (Wildman–Crippen MR) is 57.2 cm³/mol. The van der Waals surface area contributed by atoms with Crippen molar-refractivity contribution in [2.45, 2.75) is 25.3 Å². The molecule has 1 aromatic heterocycles. The fraction of sp³-hybridized carbons (Fsp3) is 0.556. The summed E-state index contributed by atoms with van der Waals surface area (Å²) >= 11 is 7.53. The average Bonchev–Trinajstić information content (AvgIpc) is 2.16. The Hall–Kier alpha value is -0.280. The minimum atomic E-state index is 0.510.